The first kappa shape index (κ1) is 14.8. The zero-order valence-corrected chi connectivity index (χ0v) is 12.5. The number of carbonyl (C=O) groups is 1. The molecule has 2 rings (SSSR count). The van der Waals surface area contributed by atoms with Gasteiger partial charge in [-0.25, -0.2) is 4.98 Å². The van der Waals surface area contributed by atoms with Crippen molar-refractivity contribution in [3.05, 3.63) is 23.9 Å². The van der Waals surface area contributed by atoms with Gasteiger partial charge in [0.1, 0.15) is 5.82 Å². The fourth-order valence-electron chi connectivity index (χ4n) is 2.85. The molecule has 1 fully saturated rings. The van der Waals surface area contributed by atoms with Crippen LogP contribution in [-0.2, 0) is 0 Å². The van der Waals surface area contributed by atoms with Gasteiger partial charge in [0.25, 0.3) is 5.91 Å². The van der Waals surface area contributed by atoms with Crippen molar-refractivity contribution in [2.75, 3.05) is 11.9 Å². The number of pyridine rings is 1. The van der Waals surface area contributed by atoms with Crippen LogP contribution in [0.3, 0.4) is 0 Å². The van der Waals surface area contributed by atoms with Gasteiger partial charge in [0, 0.05) is 18.8 Å². The lowest BCUT2D eigenvalue weighted by Crippen LogP contribution is -2.39. The second-order valence-corrected chi connectivity index (χ2v) is 5.63. The van der Waals surface area contributed by atoms with Gasteiger partial charge in [0.2, 0.25) is 0 Å². The summed E-state index contributed by atoms with van der Waals surface area (Å²) in [5.74, 6) is 1.22. The normalized spacial score (nSPS) is 22.9. The number of rotatable bonds is 4. The van der Waals surface area contributed by atoms with Crippen LogP contribution >= 0.6 is 0 Å². The van der Waals surface area contributed by atoms with E-state index in [-0.39, 0.29) is 5.91 Å². The SMILES string of the molecule is CCNc1ncccc1C(=O)NC1CCCCCC1C. The highest BCUT2D eigenvalue weighted by Crippen LogP contribution is 2.23. The lowest BCUT2D eigenvalue weighted by Gasteiger charge is -2.23. The predicted molar refractivity (Wildman–Crippen MR) is 81.9 cm³/mol. The summed E-state index contributed by atoms with van der Waals surface area (Å²) in [6.07, 6.45) is 7.78. The summed E-state index contributed by atoms with van der Waals surface area (Å²) in [5, 5.41) is 6.35. The first-order valence-corrected chi connectivity index (χ1v) is 7.72. The van der Waals surface area contributed by atoms with Crippen LogP contribution in [0.1, 0.15) is 56.3 Å². The molecule has 4 heteroatoms. The average molecular weight is 275 g/mol. The van der Waals surface area contributed by atoms with E-state index in [9.17, 15) is 4.79 Å². The molecule has 2 atom stereocenters. The molecule has 1 aromatic rings. The highest BCUT2D eigenvalue weighted by molar-refractivity contribution is 5.98. The third-order valence-corrected chi connectivity index (χ3v) is 4.07. The van der Waals surface area contributed by atoms with Crippen molar-refractivity contribution in [3.8, 4) is 0 Å². The van der Waals surface area contributed by atoms with Crippen molar-refractivity contribution < 1.29 is 4.79 Å². The maximum absolute atomic E-state index is 12.5. The van der Waals surface area contributed by atoms with Crippen molar-refractivity contribution in [1.82, 2.24) is 10.3 Å². The number of carbonyl (C=O) groups excluding carboxylic acids is 1. The van der Waals surface area contributed by atoms with Gasteiger partial charge in [0.05, 0.1) is 5.56 Å². The van der Waals surface area contributed by atoms with E-state index in [0.29, 0.717) is 23.3 Å². The fraction of sp³-hybridized carbons (Fsp3) is 0.625. The second-order valence-electron chi connectivity index (χ2n) is 5.63. The summed E-state index contributed by atoms with van der Waals surface area (Å²) in [5.41, 5.74) is 0.644. The van der Waals surface area contributed by atoms with Gasteiger partial charge >= 0.3 is 0 Å². The van der Waals surface area contributed by atoms with E-state index in [1.165, 1.54) is 25.7 Å². The maximum atomic E-state index is 12.5. The van der Waals surface area contributed by atoms with Crippen LogP contribution < -0.4 is 10.6 Å². The van der Waals surface area contributed by atoms with E-state index < -0.39 is 0 Å². The minimum atomic E-state index is -0.00667. The number of hydrogen-bond donors (Lipinski definition) is 2. The average Bonchev–Trinajstić information content (AvgIpc) is 2.65. The topological polar surface area (TPSA) is 54.0 Å². The van der Waals surface area contributed by atoms with Crippen LogP contribution in [0.25, 0.3) is 0 Å². The lowest BCUT2D eigenvalue weighted by molar-refractivity contribution is 0.0922. The molecule has 1 amide bonds. The van der Waals surface area contributed by atoms with Crippen LogP contribution in [0.4, 0.5) is 5.82 Å². The van der Waals surface area contributed by atoms with Gasteiger partial charge in [0.15, 0.2) is 0 Å². The Morgan fingerprint density at radius 3 is 2.95 bits per heavy atom. The van der Waals surface area contributed by atoms with Crippen LogP contribution in [0, 0.1) is 5.92 Å². The monoisotopic (exact) mass is 275 g/mol. The molecule has 0 spiro atoms. The number of anilines is 1. The Morgan fingerprint density at radius 2 is 2.15 bits per heavy atom. The number of hydrogen-bond acceptors (Lipinski definition) is 3. The summed E-state index contributed by atoms with van der Waals surface area (Å²) in [6, 6.07) is 3.94. The molecule has 2 unspecified atom stereocenters. The van der Waals surface area contributed by atoms with E-state index >= 15 is 0 Å². The Kier molecular flexibility index (Phi) is 5.39. The molecule has 20 heavy (non-hydrogen) atoms. The van der Waals surface area contributed by atoms with Gasteiger partial charge < -0.3 is 10.6 Å². The van der Waals surface area contributed by atoms with Gasteiger partial charge in [-0.3, -0.25) is 4.79 Å². The van der Waals surface area contributed by atoms with E-state index in [1.54, 1.807) is 6.20 Å². The minimum absolute atomic E-state index is 0.00667. The van der Waals surface area contributed by atoms with Crippen LogP contribution in [0.15, 0.2) is 18.3 Å². The summed E-state index contributed by atoms with van der Waals surface area (Å²) in [7, 11) is 0. The molecule has 110 valence electrons. The molecule has 4 nitrogen and oxygen atoms in total. The molecule has 0 aliphatic heterocycles. The number of amides is 1. The third kappa shape index (κ3) is 3.71. The Hall–Kier alpha value is -1.58. The molecule has 1 aliphatic rings. The first-order chi connectivity index (χ1) is 9.72. The Morgan fingerprint density at radius 1 is 1.35 bits per heavy atom. The largest absolute Gasteiger partial charge is 0.370 e. The Balaban J connectivity index is 2.07. The van der Waals surface area contributed by atoms with Crippen molar-refractivity contribution in [1.29, 1.82) is 0 Å². The van der Waals surface area contributed by atoms with E-state index in [1.807, 2.05) is 19.1 Å². The van der Waals surface area contributed by atoms with Crippen molar-refractivity contribution in [2.45, 2.75) is 52.0 Å². The third-order valence-electron chi connectivity index (χ3n) is 4.07. The number of nitrogens with zero attached hydrogens (tertiary/aromatic N) is 1. The quantitative estimate of drug-likeness (QED) is 0.830. The van der Waals surface area contributed by atoms with Crippen LogP contribution in [0.5, 0.6) is 0 Å². The molecule has 0 bridgehead atoms. The molecule has 0 aromatic carbocycles. The molecule has 1 aromatic heterocycles. The summed E-state index contributed by atoms with van der Waals surface area (Å²) < 4.78 is 0. The second kappa shape index (κ2) is 7.27. The molecular formula is C16H25N3O. The van der Waals surface area contributed by atoms with Crippen molar-refractivity contribution >= 4 is 11.7 Å². The molecular weight excluding hydrogens is 250 g/mol. The standard InChI is InChI=1S/C16H25N3O/c1-3-17-15-13(9-7-11-18-15)16(20)19-14-10-6-4-5-8-12(14)2/h7,9,11-12,14H,3-6,8,10H2,1-2H3,(H,17,18)(H,19,20). The summed E-state index contributed by atoms with van der Waals surface area (Å²) in [6.45, 7) is 5.01. The number of nitrogens with one attached hydrogen (secondary N) is 2. The fourth-order valence-corrected chi connectivity index (χ4v) is 2.85. The molecule has 0 saturated heterocycles. The molecule has 0 radical (unpaired) electrons. The summed E-state index contributed by atoms with van der Waals surface area (Å²) >= 11 is 0. The zero-order chi connectivity index (χ0) is 14.4. The predicted octanol–water partition coefficient (Wildman–Crippen LogP) is 3.21. The van der Waals surface area contributed by atoms with Gasteiger partial charge in [-0.1, -0.05) is 26.2 Å². The Bertz CT molecular complexity index is 447. The smallest absolute Gasteiger partial charge is 0.255 e. The van der Waals surface area contributed by atoms with Crippen LogP contribution in [-0.4, -0.2) is 23.5 Å². The minimum Gasteiger partial charge on any atom is -0.370 e. The molecule has 1 saturated carbocycles. The van der Waals surface area contributed by atoms with Gasteiger partial charge in [-0.2, -0.15) is 0 Å². The highest BCUT2D eigenvalue weighted by atomic mass is 16.1. The maximum Gasteiger partial charge on any atom is 0.255 e. The number of aromatic nitrogens is 1. The van der Waals surface area contributed by atoms with Crippen molar-refractivity contribution in [3.63, 3.8) is 0 Å². The van der Waals surface area contributed by atoms with E-state index in [4.69, 9.17) is 0 Å². The van der Waals surface area contributed by atoms with E-state index in [0.717, 1.165) is 13.0 Å². The van der Waals surface area contributed by atoms with Crippen LogP contribution in [0.2, 0.25) is 0 Å². The Labute approximate surface area is 121 Å². The summed E-state index contributed by atoms with van der Waals surface area (Å²) in [4.78, 5) is 16.7. The van der Waals surface area contributed by atoms with Gasteiger partial charge in [-0.05, 0) is 37.8 Å². The first-order valence-electron chi connectivity index (χ1n) is 7.72. The van der Waals surface area contributed by atoms with Crippen molar-refractivity contribution in [2.24, 2.45) is 5.92 Å². The molecule has 1 heterocycles. The van der Waals surface area contributed by atoms with Gasteiger partial charge in [-0.15, -0.1) is 0 Å². The van der Waals surface area contributed by atoms with E-state index in [2.05, 4.69) is 22.5 Å². The zero-order valence-electron chi connectivity index (χ0n) is 12.5. The highest BCUT2D eigenvalue weighted by Gasteiger charge is 2.23. The lowest BCUT2D eigenvalue weighted by atomic mass is 9.96. The molecule has 1 aliphatic carbocycles. The molecule has 2 N–H and O–H groups in total.